The number of imide groups is 1. The molecule has 3 aromatic carbocycles. The molecule has 3 amide bonds. The summed E-state index contributed by atoms with van der Waals surface area (Å²) in [5.41, 5.74) is 1.65. The van der Waals surface area contributed by atoms with Crippen molar-refractivity contribution >= 4 is 41.1 Å². The van der Waals surface area contributed by atoms with Crippen molar-refractivity contribution < 1.29 is 28.7 Å². The molecule has 202 valence electrons. The number of nitrogens with zero attached hydrogens (tertiary/aromatic N) is 2. The monoisotopic (exact) mass is 556 g/mol. The number of rotatable bonds is 7. The Labute approximate surface area is 235 Å². The van der Waals surface area contributed by atoms with E-state index in [4.69, 9.17) is 16.3 Å². The van der Waals surface area contributed by atoms with Crippen LogP contribution in [0.1, 0.15) is 49.5 Å². The normalized spacial score (nSPS) is 17.9. The third-order valence-corrected chi connectivity index (χ3v) is 7.36. The molecule has 0 spiro atoms. The van der Waals surface area contributed by atoms with E-state index in [0.717, 1.165) is 15.6 Å². The second kappa shape index (κ2) is 11.3. The second-order valence-corrected chi connectivity index (χ2v) is 10.1. The molecule has 0 N–H and O–H groups in total. The number of hydrogen-bond acceptors (Lipinski definition) is 6. The lowest BCUT2D eigenvalue weighted by Gasteiger charge is -2.30. The smallest absolute Gasteiger partial charge is 0.343 e. The molecule has 2 atom stereocenters. The largest absolute Gasteiger partial charge is 0.423 e. The highest BCUT2D eigenvalue weighted by atomic mass is 35.5. The van der Waals surface area contributed by atoms with E-state index in [0.29, 0.717) is 18.4 Å². The minimum Gasteiger partial charge on any atom is -0.423 e. The summed E-state index contributed by atoms with van der Waals surface area (Å²) in [5.74, 6) is -3.79. The van der Waals surface area contributed by atoms with Crippen molar-refractivity contribution in [3.63, 3.8) is 0 Å². The van der Waals surface area contributed by atoms with Gasteiger partial charge >= 0.3 is 5.97 Å². The van der Waals surface area contributed by atoms with Gasteiger partial charge in [-0.25, -0.2) is 9.80 Å². The number of amides is 3. The maximum absolute atomic E-state index is 13.6. The van der Waals surface area contributed by atoms with Crippen LogP contribution in [0.15, 0.2) is 84.9 Å². The molecule has 5 rings (SSSR count). The number of fused-ring (bicyclic) bond motifs is 1. The standard InChI is InChI=1S/C31H25ClN2O6/c1-19-10-12-21(13-11-19)31(39)40-22-16-14-20(15-17-22)27(35)18-33(28(36)25-8-4-5-9-26(25)32)34-29(37)23-6-2-3-7-24(23)30(34)38/h2-5,8-17,23-24H,6-7,18H2,1H3/t23-,24+. The molecule has 0 bridgehead atoms. The highest BCUT2D eigenvalue weighted by Gasteiger charge is 2.51. The maximum Gasteiger partial charge on any atom is 0.343 e. The molecule has 0 radical (unpaired) electrons. The lowest BCUT2D eigenvalue weighted by molar-refractivity contribution is -0.154. The number of aryl methyl sites for hydroxylation is 1. The van der Waals surface area contributed by atoms with Crippen LogP contribution in [0.2, 0.25) is 5.02 Å². The van der Waals surface area contributed by atoms with Gasteiger partial charge in [0.05, 0.1) is 28.0 Å². The Bertz CT molecular complexity index is 1500. The molecule has 1 aliphatic heterocycles. The quantitative estimate of drug-likeness (QED) is 0.133. The van der Waals surface area contributed by atoms with Crippen LogP contribution < -0.4 is 4.74 Å². The molecule has 1 heterocycles. The number of ketones is 1. The summed E-state index contributed by atoms with van der Waals surface area (Å²) < 4.78 is 5.40. The number of carbonyl (C=O) groups is 5. The molecular weight excluding hydrogens is 532 g/mol. The molecule has 40 heavy (non-hydrogen) atoms. The topological polar surface area (TPSA) is 101 Å². The number of hydrogen-bond donors (Lipinski definition) is 0. The van der Waals surface area contributed by atoms with Gasteiger partial charge in [-0.2, -0.15) is 5.01 Å². The van der Waals surface area contributed by atoms with Crippen LogP contribution in [0.3, 0.4) is 0 Å². The van der Waals surface area contributed by atoms with Crippen molar-refractivity contribution in [3.8, 4) is 5.75 Å². The van der Waals surface area contributed by atoms with Crippen LogP contribution in [0.5, 0.6) is 5.75 Å². The fraction of sp³-hybridized carbons (Fsp3) is 0.194. The molecular formula is C31H25ClN2O6. The molecule has 0 aromatic heterocycles. The molecule has 0 saturated carbocycles. The second-order valence-electron chi connectivity index (χ2n) is 9.69. The highest BCUT2D eigenvalue weighted by Crippen LogP contribution is 2.36. The Balaban J connectivity index is 1.37. The molecule has 9 heteroatoms. The van der Waals surface area contributed by atoms with Gasteiger partial charge in [0.1, 0.15) is 12.3 Å². The lowest BCUT2D eigenvalue weighted by atomic mass is 9.85. The van der Waals surface area contributed by atoms with Gasteiger partial charge in [0.25, 0.3) is 17.7 Å². The molecule has 1 saturated heterocycles. The van der Waals surface area contributed by atoms with Gasteiger partial charge in [0.15, 0.2) is 5.78 Å². The van der Waals surface area contributed by atoms with Crippen molar-refractivity contribution in [3.05, 3.63) is 112 Å². The van der Waals surface area contributed by atoms with Crippen molar-refractivity contribution in [2.24, 2.45) is 11.8 Å². The predicted octanol–water partition coefficient (Wildman–Crippen LogP) is 5.06. The minimum atomic E-state index is -0.740. The Hall–Kier alpha value is -4.56. The van der Waals surface area contributed by atoms with Crippen LogP contribution in [-0.4, -0.2) is 46.0 Å². The van der Waals surface area contributed by atoms with Crippen LogP contribution in [0.25, 0.3) is 0 Å². The summed E-state index contributed by atoms with van der Waals surface area (Å²) in [5, 5.41) is 1.82. The third kappa shape index (κ3) is 5.31. The number of esters is 1. The molecule has 3 aromatic rings. The zero-order valence-electron chi connectivity index (χ0n) is 21.6. The van der Waals surface area contributed by atoms with E-state index in [1.54, 1.807) is 36.4 Å². The highest BCUT2D eigenvalue weighted by molar-refractivity contribution is 6.34. The fourth-order valence-electron chi connectivity index (χ4n) is 4.82. The predicted molar refractivity (Wildman–Crippen MR) is 147 cm³/mol. The number of allylic oxidation sites excluding steroid dienone is 2. The van der Waals surface area contributed by atoms with Gasteiger partial charge in [-0.3, -0.25) is 19.2 Å². The molecule has 1 aliphatic carbocycles. The van der Waals surface area contributed by atoms with Gasteiger partial charge in [-0.05, 0) is 68.3 Å². The van der Waals surface area contributed by atoms with E-state index in [1.807, 2.05) is 19.1 Å². The first kappa shape index (κ1) is 27.0. The maximum atomic E-state index is 13.6. The number of halogens is 1. The summed E-state index contributed by atoms with van der Waals surface area (Å²) in [6, 6.07) is 19.0. The molecule has 1 fully saturated rings. The number of hydrazine groups is 1. The molecule has 8 nitrogen and oxygen atoms in total. The van der Waals surface area contributed by atoms with E-state index in [1.165, 1.54) is 36.4 Å². The zero-order valence-corrected chi connectivity index (χ0v) is 22.3. The Kier molecular flexibility index (Phi) is 7.62. The zero-order chi connectivity index (χ0) is 28.4. The average Bonchev–Trinajstić information content (AvgIpc) is 3.21. The van der Waals surface area contributed by atoms with Gasteiger partial charge < -0.3 is 4.74 Å². The first-order valence-electron chi connectivity index (χ1n) is 12.8. The molecule has 2 aliphatic rings. The van der Waals surface area contributed by atoms with Gasteiger partial charge in [-0.1, -0.05) is 53.6 Å². The van der Waals surface area contributed by atoms with Crippen molar-refractivity contribution in [1.29, 1.82) is 0 Å². The van der Waals surface area contributed by atoms with E-state index in [-0.39, 0.29) is 21.9 Å². The minimum absolute atomic E-state index is 0.0592. The van der Waals surface area contributed by atoms with Crippen molar-refractivity contribution in [2.75, 3.05) is 6.54 Å². The number of benzene rings is 3. The lowest BCUT2D eigenvalue weighted by Crippen LogP contribution is -2.52. The van der Waals surface area contributed by atoms with Crippen LogP contribution in [-0.2, 0) is 9.59 Å². The summed E-state index contributed by atoms with van der Waals surface area (Å²) in [7, 11) is 0. The van der Waals surface area contributed by atoms with Crippen molar-refractivity contribution in [2.45, 2.75) is 19.8 Å². The first-order chi connectivity index (χ1) is 19.2. The number of carbonyl (C=O) groups excluding carboxylic acids is 5. The third-order valence-electron chi connectivity index (χ3n) is 7.03. The van der Waals surface area contributed by atoms with Gasteiger partial charge in [0, 0.05) is 5.56 Å². The van der Waals surface area contributed by atoms with Crippen LogP contribution in [0, 0.1) is 18.8 Å². The SMILES string of the molecule is Cc1ccc(C(=O)Oc2ccc(C(=O)CN(C(=O)c3ccccc3Cl)N3C(=O)[C@H]4CC=CC[C@H]4C3=O)cc2)cc1. The van der Waals surface area contributed by atoms with Crippen molar-refractivity contribution in [1.82, 2.24) is 10.0 Å². The average molecular weight is 557 g/mol. The fourth-order valence-corrected chi connectivity index (χ4v) is 5.04. The van der Waals surface area contributed by atoms with Gasteiger partial charge in [-0.15, -0.1) is 0 Å². The van der Waals surface area contributed by atoms with E-state index >= 15 is 0 Å². The van der Waals surface area contributed by atoms with E-state index in [9.17, 15) is 24.0 Å². The Morgan fingerprint density at radius 2 is 1.43 bits per heavy atom. The van der Waals surface area contributed by atoms with Crippen LogP contribution >= 0.6 is 11.6 Å². The Morgan fingerprint density at radius 3 is 2.02 bits per heavy atom. The first-order valence-corrected chi connectivity index (χ1v) is 13.1. The molecule has 0 unspecified atom stereocenters. The number of Topliss-reactive ketones (excluding diaryl/α,β-unsaturated/α-hetero) is 1. The summed E-state index contributed by atoms with van der Waals surface area (Å²) >= 11 is 6.26. The summed E-state index contributed by atoms with van der Waals surface area (Å²) in [6.07, 6.45) is 4.45. The Morgan fingerprint density at radius 1 is 0.850 bits per heavy atom. The van der Waals surface area contributed by atoms with Crippen LogP contribution in [0.4, 0.5) is 0 Å². The van der Waals surface area contributed by atoms with E-state index in [2.05, 4.69) is 0 Å². The van der Waals surface area contributed by atoms with Gasteiger partial charge in [0.2, 0.25) is 0 Å². The summed E-state index contributed by atoms with van der Waals surface area (Å²) in [6.45, 7) is 1.34. The van der Waals surface area contributed by atoms with E-state index < -0.39 is 47.9 Å². The summed E-state index contributed by atoms with van der Waals surface area (Å²) in [4.78, 5) is 66.0. The number of ether oxygens (including phenoxy) is 1.